The van der Waals surface area contributed by atoms with Crippen LogP contribution in [0.4, 0.5) is 0 Å². The van der Waals surface area contributed by atoms with Crippen molar-refractivity contribution in [1.29, 1.82) is 0 Å². The highest BCUT2D eigenvalue weighted by atomic mass is 16.5. The highest BCUT2D eigenvalue weighted by Gasteiger charge is 2.36. The lowest BCUT2D eigenvalue weighted by molar-refractivity contribution is -0.159. The van der Waals surface area contributed by atoms with Crippen LogP contribution in [0.25, 0.3) is 0 Å². The van der Waals surface area contributed by atoms with Crippen molar-refractivity contribution in [3.05, 3.63) is 0 Å². The largest absolute Gasteiger partial charge is 0.481 e. The highest BCUT2D eigenvalue weighted by molar-refractivity contribution is 5.81. The molecule has 1 saturated carbocycles. The lowest BCUT2D eigenvalue weighted by Crippen LogP contribution is -2.33. The van der Waals surface area contributed by atoms with Crippen LogP contribution in [-0.4, -0.2) is 23.7 Å². The van der Waals surface area contributed by atoms with E-state index in [1.807, 2.05) is 6.92 Å². The van der Waals surface area contributed by atoms with Gasteiger partial charge in [0.1, 0.15) is 0 Å². The van der Waals surface area contributed by atoms with Gasteiger partial charge in [0, 0.05) is 0 Å². The minimum atomic E-state index is -0.867. The van der Waals surface area contributed by atoms with Gasteiger partial charge >= 0.3 is 11.9 Å². The average molecular weight is 214 g/mol. The molecular weight excluding hydrogens is 196 g/mol. The molecule has 0 bridgehead atoms. The molecule has 0 saturated heterocycles. The maximum absolute atomic E-state index is 11.6. The van der Waals surface area contributed by atoms with Crippen LogP contribution in [0.1, 0.15) is 39.0 Å². The van der Waals surface area contributed by atoms with Gasteiger partial charge in [-0.2, -0.15) is 0 Å². The van der Waals surface area contributed by atoms with Crippen LogP contribution in [0.3, 0.4) is 0 Å². The van der Waals surface area contributed by atoms with Gasteiger partial charge in [-0.15, -0.1) is 0 Å². The summed E-state index contributed by atoms with van der Waals surface area (Å²) in [6.45, 7) is 2.31. The Morgan fingerprint density at radius 1 is 1.27 bits per heavy atom. The average Bonchev–Trinajstić information content (AvgIpc) is 2.25. The van der Waals surface area contributed by atoms with Gasteiger partial charge in [0.25, 0.3) is 0 Å². The molecule has 0 aromatic rings. The van der Waals surface area contributed by atoms with Gasteiger partial charge in [-0.1, -0.05) is 19.8 Å². The number of carboxylic acids is 1. The monoisotopic (exact) mass is 214 g/mol. The van der Waals surface area contributed by atoms with E-state index in [1.165, 1.54) is 0 Å². The summed E-state index contributed by atoms with van der Waals surface area (Å²) in [6, 6.07) is 0. The molecule has 4 heteroatoms. The summed E-state index contributed by atoms with van der Waals surface area (Å²) in [5, 5.41) is 8.98. The molecule has 15 heavy (non-hydrogen) atoms. The summed E-state index contributed by atoms with van der Waals surface area (Å²) >= 11 is 0. The third-order valence-electron chi connectivity index (χ3n) is 2.83. The molecule has 86 valence electrons. The summed E-state index contributed by atoms with van der Waals surface area (Å²) in [6.07, 6.45) is 3.85. The minimum Gasteiger partial charge on any atom is -0.481 e. The minimum absolute atomic E-state index is 0.330. The fourth-order valence-electron chi connectivity index (χ4n) is 2.02. The van der Waals surface area contributed by atoms with Gasteiger partial charge in [0.05, 0.1) is 18.4 Å². The van der Waals surface area contributed by atoms with Crippen molar-refractivity contribution in [2.75, 3.05) is 6.61 Å². The quantitative estimate of drug-likeness (QED) is 0.725. The van der Waals surface area contributed by atoms with Crippen molar-refractivity contribution in [1.82, 2.24) is 0 Å². The number of carbonyl (C=O) groups is 2. The number of carboxylic acid groups (broad SMARTS) is 1. The zero-order chi connectivity index (χ0) is 11.3. The highest BCUT2D eigenvalue weighted by Crippen LogP contribution is 2.31. The Morgan fingerprint density at radius 2 is 1.87 bits per heavy atom. The van der Waals surface area contributed by atoms with Crippen molar-refractivity contribution < 1.29 is 19.4 Å². The first-order chi connectivity index (χ1) is 7.16. The van der Waals surface area contributed by atoms with Crippen molar-refractivity contribution in [3.63, 3.8) is 0 Å². The number of esters is 1. The van der Waals surface area contributed by atoms with Crippen molar-refractivity contribution >= 4 is 11.9 Å². The van der Waals surface area contributed by atoms with Crippen LogP contribution in [0.5, 0.6) is 0 Å². The van der Waals surface area contributed by atoms with Crippen LogP contribution >= 0.6 is 0 Å². The van der Waals surface area contributed by atoms with Gasteiger partial charge in [0.2, 0.25) is 0 Å². The second-order valence-corrected chi connectivity index (χ2v) is 4.00. The van der Waals surface area contributed by atoms with E-state index in [2.05, 4.69) is 0 Å². The predicted molar refractivity (Wildman–Crippen MR) is 54.3 cm³/mol. The molecule has 0 radical (unpaired) electrons. The predicted octanol–water partition coefficient (Wildman–Crippen LogP) is 1.83. The van der Waals surface area contributed by atoms with Crippen LogP contribution in [0, 0.1) is 11.8 Å². The maximum Gasteiger partial charge on any atom is 0.309 e. The molecule has 1 fully saturated rings. The summed E-state index contributed by atoms with van der Waals surface area (Å²) in [5.41, 5.74) is 0. The van der Waals surface area contributed by atoms with Gasteiger partial charge in [0.15, 0.2) is 0 Å². The van der Waals surface area contributed by atoms with Gasteiger partial charge in [-0.05, 0) is 19.3 Å². The number of hydrogen-bond acceptors (Lipinski definition) is 3. The van der Waals surface area contributed by atoms with E-state index in [9.17, 15) is 9.59 Å². The Bertz CT molecular complexity index is 237. The molecule has 1 rings (SSSR count). The number of hydrogen-bond donors (Lipinski definition) is 1. The number of carbonyl (C=O) groups excluding carboxylic acids is 1. The first kappa shape index (κ1) is 12.0. The van der Waals surface area contributed by atoms with Crippen molar-refractivity contribution in [3.8, 4) is 0 Å². The summed E-state index contributed by atoms with van der Waals surface area (Å²) < 4.78 is 5.01. The molecule has 1 aliphatic carbocycles. The van der Waals surface area contributed by atoms with E-state index in [4.69, 9.17) is 9.84 Å². The zero-order valence-electron chi connectivity index (χ0n) is 9.07. The molecular formula is C11H18O4. The van der Waals surface area contributed by atoms with Crippen molar-refractivity contribution in [2.24, 2.45) is 11.8 Å². The molecule has 0 aromatic carbocycles. The lowest BCUT2D eigenvalue weighted by atomic mass is 9.79. The molecule has 0 amide bonds. The second kappa shape index (κ2) is 5.73. The fourth-order valence-corrected chi connectivity index (χ4v) is 2.02. The topological polar surface area (TPSA) is 63.6 Å². The standard InChI is InChI=1S/C11H18O4/c1-2-7-15-11(14)9-6-4-3-5-8(9)10(12)13/h8-9H,2-7H2,1H3,(H,12,13)/t8-,9+/m0/s1. The smallest absolute Gasteiger partial charge is 0.309 e. The molecule has 2 atom stereocenters. The van der Waals surface area contributed by atoms with E-state index in [0.717, 1.165) is 19.3 Å². The van der Waals surface area contributed by atoms with Crippen molar-refractivity contribution in [2.45, 2.75) is 39.0 Å². The maximum atomic E-state index is 11.6. The van der Waals surface area contributed by atoms with E-state index in [-0.39, 0.29) is 5.97 Å². The van der Waals surface area contributed by atoms with Gasteiger partial charge in [-0.3, -0.25) is 9.59 Å². The van der Waals surface area contributed by atoms with Crippen LogP contribution in [0.15, 0.2) is 0 Å². The molecule has 0 spiro atoms. The number of aliphatic carboxylic acids is 1. The first-order valence-corrected chi connectivity index (χ1v) is 5.56. The Morgan fingerprint density at radius 3 is 2.40 bits per heavy atom. The summed E-state index contributed by atoms with van der Waals surface area (Å²) in [5.74, 6) is -2.16. The fraction of sp³-hybridized carbons (Fsp3) is 0.818. The molecule has 4 nitrogen and oxygen atoms in total. The SMILES string of the molecule is CCCOC(=O)[C@@H]1CCCC[C@@H]1C(=O)O. The first-order valence-electron chi connectivity index (χ1n) is 5.56. The van der Waals surface area contributed by atoms with Crippen LogP contribution in [0.2, 0.25) is 0 Å². The van der Waals surface area contributed by atoms with E-state index < -0.39 is 17.8 Å². The molecule has 0 aromatic heterocycles. The lowest BCUT2D eigenvalue weighted by Gasteiger charge is -2.26. The molecule has 1 N–H and O–H groups in total. The van der Waals surface area contributed by atoms with Gasteiger partial charge in [-0.25, -0.2) is 0 Å². The molecule has 1 aliphatic rings. The Labute approximate surface area is 89.6 Å². The molecule has 0 heterocycles. The summed E-state index contributed by atoms with van der Waals surface area (Å²) in [4.78, 5) is 22.5. The van der Waals surface area contributed by atoms with Crippen LogP contribution < -0.4 is 0 Å². The normalized spacial score (nSPS) is 25.9. The van der Waals surface area contributed by atoms with E-state index in [1.54, 1.807) is 0 Å². The third-order valence-corrected chi connectivity index (χ3v) is 2.83. The Kier molecular flexibility index (Phi) is 4.59. The Hall–Kier alpha value is -1.06. The number of ether oxygens (including phenoxy) is 1. The van der Waals surface area contributed by atoms with Gasteiger partial charge < -0.3 is 9.84 Å². The second-order valence-electron chi connectivity index (χ2n) is 4.00. The van der Waals surface area contributed by atoms with E-state index in [0.29, 0.717) is 19.4 Å². The Balaban J connectivity index is 2.55. The van der Waals surface area contributed by atoms with Crippen LogP contribution in [-0.2, 0) is 14.3 Å². The number of rotatable bonds is 4. The zero-order valence-corrected chi connectivity index (χ0v) is 9.07. The van der Waals surface area contributed by atoms with E-state index >= 15 is 0 Å². The summed E-state index contributed by atoms with van der Waals surface area (Å²) in [7, 11) is 0. The third kappa shape index (κ3) is 3.22. The molecule has 0 unspecified atom stereocenters. The molecule has 0 aliphatic heterocycles.